The van der Waals surface area contributed by atoms with E-state index in [2.05, 4.69) is 0 Å². The van der Waals surface area contributed by atoms with E-state index in [0.717, 1.165) is 0 Å². The number of Topliss-reactive ketones (excluding diaryl/α,β-unsaturated/α-hetero) is 1. The number of hydrogen-bond donors (Lipinski definition) is 1. The molecule has 2 nitrogen and oxygen atoms in total. The summed E-state index contributed by atoms with van der Waals surface area (Å²) >= 11 is 1.87. The van der Waals surface area contributed by atoms with Crippen LogP contribution in [0.25, 0.3) is 0 Å². The van der Waals surface area contributed by atoms with Gasteiger partial charge < -0.3 is 5.73 Å². The van der Waals surface area contributed by atoms with Gasteiger partial charge in [-0.15, -0.1) is 0 Å². The van der Waals surface area contributed by atoms with Crippen LogP contribution in [0.5, 0.6) is 0 Å². The Kier molecular flexibility index (Phi) is 3.41. The Hall–Kier alpha value is -0.720. The second-order valence-electron chi connectivity index (χ2n) is 2.81. The molecule has 1 aromatic rings. The molecule has 0 bridgehead atoms. The molecule has 0 spiro atoms. The van der Waals surface area contributed by atoms with E-state index >= 15 is 0 Å². The molecule has 0 saturated carbocycles. The lowest BCUT2D eigenvalue weighted by Crippen LogP contribution is -2.04. The van der Waals surface area contributed by atoms with Crippen LogP contribution in [0.4, 0.5) is 14.5 Å². The van der Waals surface area contributed by atoms with Crippen LogP contribution in [0.2, 0.25) is 0 Å². The summed E-state index contributed by atoms with van der Waals surface area (Å²) in [4.78, 5) is 11.1. The van der Waals surface area contributed by atoms with Crippen molar-refractivity contribution in [2.75, 3.05) is 5.73 Å². The summed E-state index contributed by atoms with van der Waals surface area (Å²) < 4.78 is 25.5. The summed E-state index contributed by atoms with van der Waals surface area (Å²) in [6, 6.07) is 2.79. The molecular formula is C9H8F2INO. The molecule has 0 fully saturated rings. The Morgan fingerprint density at radius 1 is 1.50 bits per heavy atom. The van der Waals surface area contributed by atoms with Crippen LogP contribution < -0.4 is 5.73 Å². The van der Waals surface area contributed by atoms with E-state index in [-0.39, 0.29) is 22.6 Å². The van der Waals surface area contributed by atoms with Gasteiger partial charge in [0, 0.05) is 14.7 Å². The number of alkyl halides is 2. The van der Waals surface area contributed by atoms with Crippen molar-refractivity contribution in [3.05, 3.63) is 26.8 Å². The van der Waals surface area contributed by atoms with E-state index in [0.29, 0.717) is 3.57 Å². The monoisotopic (exact) mass is 311 g/mol. The highest BCUT2D eigenvalue weighted by atomic mass is 127. The fourth-order valence-corrected chi connectivity index (χ4v) is 1.76. The molecule has 0 amide bonds. The third kappa shape index (κ3) is 2.20. The van der Waals surface area contributed by atoms with Crippen molar-refractivity contribution in [3.8, 4) is 0 Å². The highest BCUT2D eigenvalue weighted by molar-refractivity contribution is 14.1. The smallest absolute Gasteiger partial charge is 0.265 e. The van der Waals surface area contributed by atoms with Crippen molar-refractivity contribution >= 4 is 34.1 Å². The fourth-order valence-electron chi connectivity index (χ4n) is 1.11. The van der Waals surface area contributed by atoms with E-state index < -0.39 is 6.43 Å². The van der Waals surface area contributed by atoms with Gasteiger partial charge in [-0.3, -0.25) is 4.79 Å². The second kappa shape index (κ2) is 4.20. The molecule has 0 saturated heterocycles. The molecule has 0 aliphatic rings. The summed E-state index contributed by atoms with van der Waals surface area (Å²) in [5, 5.41) is 0. The number of nitrogens with two attached hydrogens (primary N) is 1. The van der Waals surface area contributed by atoms with Gasteiger partial charge in [-0.2, -0.15) is 0 Å². The first-order valence-corrected chi connectivity index (χ1v) is 4.89. The highest BCUT2D eigenvalue weighted by Gasteiger charge is 2.17. The maximum atomic E-state index is 12.5. The SMILES string of the molecule is CC(=O)c1cc(I)cc(C(F)F)c1N. The zero-order chi connectivity index (χ0) is 10.9. The minimum absolute atomic E-state index is 0.118. The quantitative estimate of drug-likeness (QED) is 0.518. The average Bonchev–Trinajstić information content (AvgIpc) is 2.07. The molecule has 0 aromatic heterocycles. The van der Waals surface area contributed by atoms with Crippen LogP contribution in [0.15, 0.2) is 12.1 Å². The number of ketones is 1. The number of hydrogen-bond acceptors (Lipinski definition) is 2. The molecule has 1 rings (SSSR count). The van der Waals surface area contributed by atoms with Gasteiger partial charge in [-0.05, 0) is 41.6 Å². The Balaban J connectivity index is 3.40. The van der Waals surface area contributed by atoms with Crippen LogP contribution in [0.3, 0.4) is 0 Å². The molecular weight excluding hydrogens is 303 g/mol. The van der Waals surface area contributed by atoms with Gasteiger partial charge in [0.2, 0.25) is 0 Å². The minimum Gasteiger partial charge on any atom is -0.398 e. The summed E-state index contributed by atoms with van der Waals surface area (Å²) in [6.45, 7) is 1.30. The van der Waals surface area contributed by atoms with Crippen molar-refractivity contribution in [3.63, 3.8) is 0 Å². The number of carbonyl (C=O) groups excluding carboxylic acids is 1. The van der Waals surface area contributed by atoms with Crippen molar-refractivity contribution in [1.82, 2.24) is 0 Å². The molecule has 0 atom stereocenters. The number of anilines is 1. The van der Waals surface area contributed by atoms with E-state index in [4.69, 9.17) is 5.73 Å². The number of nitrogen functional groups attached to an aromatic ring is 1. The molecule has 2 N–H and O–H groups in total. The standard InChI is InChI=1S/C9H8F2INO/c1-4(14)6-2-5(12)3-7(8(6)13)9(10)11/h2-3,9H,13H2,1H3. The molecule has 0 radical (unpaired) electrons. The zero-order valence-corrected chi connectivity index (χ0v) is 9.51. The molecule has 5 heteroatoms. The number of carbonyl (C=O) groups is 1. The van der Waals surface area contributed by atoms with Crippen molar-refractivity contribution in [1.29, 1.82) is 0 Å². The van der Waals surface area contributed by atoms with Gasteiger partial charge in [0.25, 0.3) is 6.43 Å². The van der Waals surface area contributed by atoms with Gasteiger partial charge in [0.05, 0.1) is 5.69 Å². The zero-order valence-electron chi connectivity index (χ0n) is 7.35. The lowest BCUT2D eigenvalue weighted by molar-refractivity contribution is 0.101. The van der Waals surface area contributed by atoms with Gasteiger partial charge in [0.1, 0.15) is 0 Å². The third-order valence-corrected chi connectivity index (χ3v) is 2.41. The van der Waals surface area contributed by atoms with E-state index in [1.54, 1.807) is 0 Å². The Bertz CT molecular complexity index is 379. The van der Waals surface area contributed by atoms with Crippen LogP contribution >= 0.6 is 22.6 Å². The van der Waals surface area contributed by atoms with Gasteiger partial charge >= 0.3 is 0 Å². The summed E-state index contributed by atoms with van der Waals surface area (Å²) in [5.41, 5.74) is 5.22. The van der Waals surface area contributed by atoms with Crippen molar-refractivity contribution in [2.45, 2.75) is 13.3 Å². The number of halogens is 3. The predicted octanol–water partition coefficient (Wildman–Crippen LogP) is 3.01. The third-order valence-electron chi connectivity index (χ3n) is 1.79. The largest absolute Gasteiger partial charge is 0.398 e. The molecule has 0 aliphatic carbocycles. The fraction of sp³-hybridized carbons (Fsp3) is 0.222. The van der Waals surface area contributed by atoms with Gasteiger partial charge in [-0.25, -0.2) is 8.78 Å². The maximum Gasteiger partial charge on any atom is 0.265 e. The number of rotatable bonds is 2. The molecule has 0 heterocycles. The minimum atomic E-state index is -2.65. The first kappa shape index (κ1) is 11.4. The number of benzene rings is 1. The molecule has 0 unspecified atom stereocenters. The lowest BCUT2D eigenvalue weighted by Gasteiger charge is -2.09. The Morgan fingerprint density at radius 3 is 2.50 bits per heavy atom. The molecule has 76 valence electrons. The van der Waals surface area contributed by atoms with E-state index in [9.17, 15) is 13.6 Å². The van der Waals surface area contributed by atoms with Crippen LogP contribution in [0, 0.1) is 3.57 Å². The first-order chi connectivity index (χ1) is 6.43. The first-order valence-electron chi connectivity index (χ1n) is 3.81. The Labute approximate surface area is 93.6 Å². The molecule has 0 aliphatic heterocycles. The highest BCUT2D eigenvalue weighted by Crippen LogP contribution is 2.30. The second-order valence-corrected chi connectivity index (χ2v) is 4.06. The van der Waals surface area contributed by atoms with Crippen LogP contribution in [-0.2, 0) is 0 Å². The predicted molar refractivity (Wildman–Crippen MR) is 58.5 cm³/mol. The lowest BCUT2D eigenvalue weighted by atomic mass is 10.1. The van der Waals surface area contributed by atoms with Gasteiger partial charge in [-0.1, -0.05) is 0 Å². The summed E-state index contributed by atoms with van der Waals surface area (Å²) in [7, 11) is 0. The summed E-state index contributed by atoms with van der Waals surface area (Å²) in [6.07, 6.45) is -2.65. The van der Waals surface area contributed by atoms with Crippen molar-refractivity contribution < 1.29 is 13.6 Å². The van der Waals surface area contributed by atoms with Crippen LogP contribution in [-0.4, -0.2) is 5.78 Å². The maximum absolute atomic E-state index is 12.5. The molecule has 14 heavy (non-hydrogen) atoms. The normalized spacial score (nSPS) is 10.6. The average molecular weight is 311 g/mol. The van der Waals surface area contributed by atoms with E-state index in [1.165, 1.54) is 19.1 Å². The van der Waals surface area contributed by atoms with Crippen molar-refractivity contribution in [2.24, 2.45) is 0 Å². The Morgan fingerprint density at radius 2 is 2.07 bits per heavy atom. The molecule has 1 aromatic carbocycles. The van der Waals surface area contributed by atoms with Crippen LogP contribution in [0.1, 0.15) is 29.3 Å². The topological polar surface area (TPSA) is 43.1 Å². The summed E-state index contributed by atoms with van der Waals surface area (Å²) in [5.74, 6) is -0.303. The van der Waals surface area contributed by atoms with Gasteiger partial charge in [0.15, 0.2) is 5.78 Å². The van der Waals surface area contributed by atoms with E-state index in [1.807, 2.05) is 22.6 Å².